The molecule has 0 spiro atoms. The van der Waals surface area contributed by atoms with Gasteiger partial charge in [-0.2, -0.15) is 0 Å². The Balaban J connectivity index is 0.000000188. The minimum absolute atomic E-state index is 0.116. The number of nitrogens with zero attached hydrogens (tertiary/aromatic N) is 2. The highest BCUT2D eigenvalue weighted by Gasteiger charge is 1.93. The Kier molecular flexibility index (Phi) is 8.48. The van der Waals surface area contributed by atoms with Crippen molar-refractivity contribution in [2.75, 3.05) is 0 Å². The van der Waals surface area contributed by atoms with Gasteiger partial charge in [-0.15, -0.1) is 0 Å². The lowest BCUT2D eigenvalue weighted by Crippen LogP contribution is -1.81. The van der Waals surface area contributed by atoms with Gasteiger partial charge in [0.15, 0.2) is 0 Å². The molecule has 0 amide bonds. The maximum Gasteiger partial charge on any atom is 0.126 e. The highest BCUT2D eigenvalue weighted by molar-refractivity contribution is 5.21. The van der Waals surface area contributed by atoms with E-state index < -0.39 is 0 Å². The van der Waals surface area contributed by atoms with E-state index in [1.165, 1.54) is 17.2 Å². The molecule has 2 aromatic heterocycles. The second-order valence-corrected chi connectivity index (χ2v) is 6.21. The lowest BCUT2D eigenvalue weighted by Gasteiger charge is -1.94. The van der Waals surface area contributed by atoms with Crippen LogP contribution in [0, 0.1) is 47.4 Å². The molecule has 0 saturated heterocycles. The molecule has 0 aliphatic carbocycles. The van der Waals surface area contributed by atoms with Crippen molar-refractivity contribution in [3.05, 3.63) is 94.3 Å². The molecule has 2 heterocycles. The Bertz CT molecular complexity index is 678. The van der Waals surface area contributed by atoms with E-state index in [9.17, 15) is 4.39 Å². The van der Waals surface area contributed by atoms with Crippen LogP contribution in [0.3, 0.4) is 0 Å². The summed E-state index contributed by atoms with van der Waals surface area (Å²) >= 11 is 0. The van der Waals surface area contributed by atoms with Crippen LogP contribution in [0.4, 0.5) is 4.39 Å². The average Bonchev–Trinajstić information content (AvgIpc) is 2.58. The van der Waals surface area contributed by atoms with E-state index in [0.717, 1.165) is 17.0 Å². The molecule has 25 heavy (non-hydrogen) atoms. The van der Waals surface area contributed by atoms with Crippen molar-refractivity contribution in [2.24, 2.45) is 0 Å². The Morgan fingerprint density at radius 1 is 0.600 bits per heavy atom. The Morgan fingerprint density at radius 3 is 1.32 bits per heavy atom. The summed E-state index contributed by atoms with van der Waals surface area (Å²) in [6, 6.07) is 13.4. The molecule has 3 aromatic rings. The lowest BCUT2D eigenvalue weighted by atomic mass is 10.2. The standard InChI is InChI=1S/C8H9F.2C7H9N/c1-6-3-4-7(2)8(9)5-6;2*1-6-3-4-7(2)8-5-6/h3-5H,1-2H3;2*3-5H,1-2H3. The first kappa shape index (κ1) is 20.5. The molecule has 3 heteroatoms. The molecule has 3 rings (SSSR count). The molecule has 0 unspecified atom stereocenters. The van der Waals surface area contributed by atoms with E-state index in [1.54, 1.807) is 13.0 Å². The molecular weight excluding hydrogens is 311 g/mol. The van der Waals surface area contributed by atoms with Crippen LogP contribution in [0.15, 0.2) is 54.9 Å². The van der Waals surface area contributed by atoms with E-state index in [0.29, 0.717) is 5.56 Å². The molecule has 1 aromatic carbocycles. The number of benzene rings is 1. The Labute approximate surface area is 150 Å². The summed E-state index contributed by atoms with van der Waals surface area (Å²) in [5.41, 5.74) is 6.27. The van der Waals surface area contributed by atoms with Crippen LogP contribution in [0.2, 0.25) is 0 Å². The van der Waals surface area contributed by atoms with E-state index in [4.69, 9.17) is 0 Å². The van der Waals surface area contributed by atoms with E-state index in [-0.39, 0.29) is 5.82 Å². The van der Waals surface area contributed by atoms with E-state index >= 15 is 0 Å². The minimum Gasteiger partial charge on any atom is -0.261 e. The van der Waals surface area contributed by atoms with Crippen molar-refractivity contribution in [3.8, 4) is 0 Å². The first-order chi connectivity index (χ1) is 11.8. The van der Waals surface area contributed by atoms with E-state index in [1.807, 2.05) is 65.2 Å². The predicted molar refractivity (Wildman–Crippen MR) is 103 cm³/mol. The van der Waals surface area contributed by atoms with Gasteiger partial charge in [-0.25, -0.2) is 4.39 Å². The summed E-state index contributed by atoms with van der Waals surface area (Å²) in [5.74, 6) is -0.116. The number of aromatic nitrogens is 2. The molecule has 0 bridgehead atoms. The zero-order valence-corrected chi connectivity index (χ0v) is 16.0. The summed E-state index contributed by atoms with van der Waals surface area (Å²) in [6.07, 6.45) is 3.74. The van der Waals surface area contributed by atoms with Crippen molar-refractivity contribution in [3.63, 3.8) is 0 Å². The van der Waals surface area contributed by atoms with Crippen LogP contribution in [-0.4, -0.2) is 9.97 Å². The van der Waals surface area contributed by atoms with Gasteiger partial charge in [0.25, 0.3) is 0 Å². The molecule has 0 fully saturated rings. The third-order valence-corrected chi connectivity index (χ3v) is 3.45. The van der Waals surface area contributed by atoms with Crippen molar-refractivity contribution < 1.29 is 4.39 Å². The maximum atomic E-state index is 12.6. The quantitative estimate of drug-likeness (QED) is 0.514. The van der Waals surface area contributed by atoms with Crippen molar-refractivity contribution >= 4 is 0 Å². The summed E-state index contributed by atoms with van der Waals surface area (Å²) in [6.45, 7) is 11.7. The van der Waals surface area contributed by atoms with Gasteiger partial charge in [-0.3, -0.25) is 9.97 Å². The van der Waals surface area contributed by atoms with Crippen LogP contribution in [-0.2, 0) is 0 Å². The summed E-state index contributed by atoms with van der Waals surface area (Å²) in [4.78, 5) is 8.16. The molecule has 0 N–H and O–H groups in total. The number of hydrogen-bond donors (Lipinski definition) is 0. The minimum atomic E-state index is -0.116. The van der Waals surface area contributed by atoms with Gasteiger partial charge in [0.05, 0.1) is 0 Å². The number of rotatable bonds is 0. The van der Waals surface area contributed by atoms with Gasteiger partial charge in [0.2, 0.25) is 0 Å². The molecule has 0 radical (unpaired) electrons. The number of aryl methyl sites for hydroxylation is 6. The average molecular weight is 338 g/mol. The van der Waals surface area contributed by atoms with Gasteiger partial charge in [0.1, 0.15) is 5.82 Å². The molecule has 132 valence electrons. The number of hydrogen-bond acceptors (Lipinski definition) is 2. The van der Waals surface area contributed by atoms with Crippen molar-refractivity contribution in [2.45, 2.75) is 41.5 Å². The van der Waals surface area contributed by atoms with Crippen LogP contribution in [0.5, 0.6) is 0 Å². The predicted octanol–water partition coefficient (Wildman–Crippen LogP) is 5.84. The SMILES string of the molecule is Cc1ccc(C)c(F)c1.Cc1ccc(C)nc1.Cc1ccc(C)nc1. The fraction of sp³-hybridized carbons (Fsp3) is 0.273. The Morgan fingerprint density at radius 2 is 1.04 bits per heavy atom. The van der Waals surface area contributed by atoms with E-state index in [2.05, 4.69) is 22.1 Å². The first-order valence-electron chi connectivity index (χ1n) is 8.29. The number of pyridine rings is 2. The molecule has 2 nitrogen and oxygen atoms in total. The zero-order valence-electron chi connectivity index (χ0n) is 16.0. The normalized spacial score (nSPS) is 9.40. The maximum absolute atomic E-state index is 12.6. The molecule has 0 aliphatic rings. The summed E-state index contributed by atoms with van der Waals surface area (Å²) < 4.78 is 12.6. The third kappa shape index (κ3) is 8.75. The van der Waals surface area contributed by atoms with Crippen molar-refractivity contribution in [1.29, 1.82) is 0 Å². The third-order valence-electron chi connectivity index (χ3n) is 3.45. The molecule has 0 aliphatic heterocycles. The zero-order chi connectivity index (χ0) is 18.8. The van der Waals surface area contributed by atoms with Gasteiger partial charge < -0.3 is 0 Å². The fourth-order valence-corrected chi connectivity index (χ4v) is 1.78. The molecule has 0 saturated carbocycles. The summed E-state index contributed by atoms with van der Waals surface area (Å²) in [5, 5.41) is 0. The van der Waals surface area contributed by atoms with Crippen molar-refractivity contribution in [1.82, 2.24) is 9.97 Å². The second-order valence-electron chi connectivity index (χ2n) is 6.21. The largest absolute Gasteiger partial charge is 0.261 e. The fourth-order valence-electron chi connectivity index (χ4n) is 1.78. The van der Waals surface area contributed by atoms with Crippen LogP contribution < -0.4 is 0 Å². The number of halogens is 1. The Hall–Kier alpha value is -2.55. The topological polar surface area (TPSA) is 25.8 Å². The molecular formula is C22H27FN2. The van der Waals surface area contributed by atoms with Gasteiger partial charge in [-0.05, 0) is 82.0 Å². The lowest BCUT2D eigenvalue weighted by molar-refractivity contribution is 0.617. The second kappa shape index (κ2) is 10.3. The van der Waals surface area contributed by atoms with Crippen LogP contribution in [0.1, 0.15) is 33.6 Å². The first-order valence-corrected chi connectivity index (χ1v) is 8.29. The van der Waals surface area contributed by atoms with Gasteiger partial charge >= 0.3 is 0 Å². The highest BCUT2D eigenvalue weighted by Crippen LogP contribution is 2.07. The molecule has 0 atom stereocenters. The van der Waals surface area contributed by atoms with Gasteiger partial charge in [0, 0.05) is 23.8 Å². The van der Waals surface area contributed by atoms with Gasteiger partial charge in [-0.1, -0.05) is 24.3 Å². The van der Waals surface area contributed by atoms with Crippen LogP contribution >= 0.6 is 0 Å². The smallest absolute Gasteiger partial charge is 0.126 e. The highest BCUT2D eigenvalue weighted by atomic mass is 19.1. The summed E-state index contributed by atoms with van der Waals surface area (Å²) in [7, 11) is 0. The monoisotopic (exact) mass is 338 g/mol. The van der Waals surface area contributed by atoms with Crippen LogP contribution in [0.25, 0.3) is 0 Å².